The number of halogens is 2. The van der Waals surface area contributed by atoms with E-state index in [1.165, 1.54) is 13.8 Å². The molecule has 4 heterocycles. The SMILES string of the molecule is CC(=O)OC[C@H]1O[C@@H](O[C@H]2[C@H](OCc3ccccc3)[C@H](O[C@H]3O[C@H](COCc4ccccc4)[C@@H](OCc4ccccc4)[C@H](OCc4ccccc4)[C@@H]3O[C@H]3O[C@H](COCc4ccccc4)[C@@H](OCc4ccccc4)[C@H](OCc4ccccc4)[C@@H]3OC(C)=O)[C@@H](OCCCC(Br)CBr)O[C@@H]2COCc2ccccc2)[C@H](OC(C)=O)[C@@H](OC(C)=O)[C@H]1OC(C)=O. The molecule has 26 nitrogen and oxygen atoms in total. The van der Waals surface area contributed by atoms with Crippen LogP contribution in [0.5, 0.6) is 0 Å². The summed E-state index contributed by atoms with van der Waals surface area (Å²) in [5, 5.41) is 0.624. The summed E-state index contributed by atoms with van der Waals surface area (Å²) in [4.78, 5) is 67.6. The minimum absolute atomic E-state index is 0.00114. The topological polar surface area (TPSA) is 279 Å². The first kappa shape index (κ1) is 93.6. The molecule has 123 heavy (non-hydrogen) atoms. The molecule has 0 aliphatic carbocycles. The second kappa shape index (κ2) is 49.4. The lowest BCUT2D eigenvalue weighted by Crippen LogP contribution is -2.69. The first-order valence-electron chi connectivity index (χ1n) is 41.3. The van der Waals surface area contributed by atoms with Crippen LogP contribution < -0.4 is 0 Å². The molecule has 4 fully saturated rings. The maximum atomic E-state index is 14.3. The molecule has 0 aromatic heterocycles. The van der Waals surface area contributed by atoms with Gasteiger partial charge in [-0.2, -0.15) is 0 Å². The maximum Gasteiger partial charge on any atom is 0.303 e. The van der Waals surface area contributed by atoms with Crippen molar-refractivity contribution in [3.8, 4) is 0 Å². The van der Waals surface area contributed by atoms with E-state index >= 15 is 0 Å². The van der Waals surface area contributed by atoms with Gasteiger partial charge in [-0.05, 0) is 57.3 Å². The average molecular weight is 1830 g/mol. The Labute approximate surface area is 734 Å². The molecular formula is C95H108Br2O26. The van der Waals surface area contributed by atoms with Crippen molar-refractivity contribution in [1.82, 2.24) is 0 Å². The molecule has 4 aliphatic rings. The van der Waals surface area contributed by atoms with Crippen LogP contribution in [-0.4, -0.2) is 196 Å². The Morgan fingerprint density at radius 2 is 0.545 bits per heavy atom. The summed E-state index contributed by atoms with van der Waals surface area (Å²) in [6.07, 6.45) is -27.9. The highest BCUT2D eigenvalue weighted by atomic mass is 79.9. The van der Waals surface area contributed by atoms with Crippen molar-refractivity contribution >= 4 is 61.7 Å². The number of benzene rings is 8. The number of rotatable bonds is 45. The van der Waals surface area contributed by atoms with Gasteiger partial charge in [0.15, 0.2) is 49.6 Å². The zero-order chi connectivity index (χ0) is 86.1. The van der Waals surface area contributed by atoms with Crippen molar-refractivity contribution in [2.45, 2.75) is 228 Å². The summed E-state index contributed by atoms with van der Waals surface area (Å²) in [6, 6.07) is 76.4. The molecule has 0 saturated carbocycles. The Hall–Kier alpha value is -8.57. The number of carbonyl (C=O) groups excluding carboxylic acids is 5. The van der Waals surface area contributed by atoms with Crippen LogP contribution in [0, 0.1) is 0 Å². The first-order valence-corrected chi connectivity index (χ1v) is 43.4. The van der Waals surface area contributed by atoms with Crippen molar-refractivity contribution < 1.29 is 123 Å². The number of hydrogen-bond acceptors (Lipinski definition) is 26. The predicted octanol–water partition coefficient (Wildman–Crippen LogP) is 13.9. The predicted molar refractivity (Wildman–Crippen MR) is 453 cm³/mol. The molecule has 4 aliphatic heterocycles. The highest BCUT2D eigenvalue weighted by Crippen LogP contribution is 2.42. The second-order valence-corrected chi connectivity index (χ2v) is 32.1. The number of ether oxygens (including phenoxy) is 21. The van der Waals surface area contributed by atoms with Gasteiger partial charge in [-0.3, -0.25) is 24.0 Å². The van der Waals surface area contributed by atoms with Crippen molar-refractivity contribution in [1.29, 1.82) is 0 Å². The number of esters is 5. The van der Waals surface area contributed by atoms with Crippen molar-refractivity contribution in [3.63, 3.8) is 0 Å². The fraction of sp³-hybridized carbons (Fsp3) is 0.442. The summed E-state index contributed by atoms with van der Waals surface area (Å²) in [5.74, 6) is -4.07. The van der Waals surface area contributed by atoms with Crippen molar-refractivity contribution in [3.05, 3.63) is 287 Å². The van der Waals surface area contributed by atoms with Gasteiger partial charge in [0.1, 0.15) is 79.9 Å². The van der Waals surface area contributed by atoms with Crippen molar-refractivity contribution in [2.75, 3.05) is 38.4 Å². The van der Waals surface area contributed by atoms with Crippen LogP contribution in [0.25, 0.3) is 0 Å². The van der Waals surface area contributed by atoms with Gasteiger partial charge in [0, 0.05) is 51.4 Å². The number of hydrogen-bond donors (Lipinski definition) is 0. The smallest absolute Gasteiger partial charge is 0.303 e. The molecule has 0 N–H and O–H groups in total. The minimum atomic E-state index is -1.84. The fourth-order valence-electron chi connectivity index (χ4n) is 14.9. The monoisotopic (exact) mass is 1820 g/mol. The minimum Gasteiger partial charge on any atom is -0.463 e. The Morgan fingerprint density at radius 1 is 0.285 bits per heavy atom. The van der Waals surface area contributed by atoms with Gasteiger partial charge in [-0.15, -0.1) is 0 Å². The molecule has 0 spiro atoms. The van der Waals surface area contributed by atoms with Crippen LogP contribution in [0.15, 0.2) is 243 Å². The van der Waals surface area contributed by atoms with Gasteiger partial charge in [0.05, 0.1) is 72.7 Å². The molecule has 0 amide bonds. The van der Waals surface area contributed by atoms with Gasteiger partial charge in [-0.25, -0.2) is 0 Å². The van der Waals surface area contributed by atoms with E-state index in [1.807, 2.05) is 243 Å². The molecule has 8 aromatic rings. The van der Waals surface area contributed by atoms with Gasteiger partial charge >= 0.3 is 29.8 Å². The van der Waals surface area contributed by atoms with E-state index in [4.69, 9.17) is 99.5 Å². The highest BCUT2D eigenvalue weighted by Gasteiger charge is 2.60. The van der Waals surface area contributed by atoms with Gasteiger partial charge in [0.2, 0.25) is 0 Å². The van der Waals surface area contributed by atoms with E-state index in [2.05, 4.69) is 31.9 Å². The molecule has 658 valence electrons. The van der Waals surface area contributed by atoms with E-state index < -0.39 is 159 Å². The Bertz CT molecular complexity index is 4410. The van der Waals surface area contributed by atoms with Gasteiger partial charge in [0.25, 0.3) is 0 Å². The van der Waals surface area contributed by atoms with E-state index in [0.29, 0.717) is 23.7 Å². The van der Waals surface area contributed by atoms with Crippen LogP contribution in [0.2, 0.25) is 0 Å². The Balaban J connectivity index is 1.06. The van der Waals surface area contributed by atoms with Crippen LogP contribution in [0.1, 0.15) is 92.0 Å². The third kappa shape index (κ3) is 29.0. The highest BCUT2D eigenvalue weighted by molar-refractivity contribution is 9.12. The van der Waals surface area contributed by atoms with Crippen molar-refractivity contribution in [2.24, 2.45) is 0 Å². The van der Waals surface area contributed by atoms with Crippen LogP contribution in [0.3, 0.4) is 0 Å². The normalized spacial score (nSPS) is 26.6. The lowest BCUT2D eigenvalue weighted by Gasteiger charge is -2.52. The molecule has 21 atom stereocenters. The first-order chi connectivity index (χ1) is 60.0. The number of alkyl halides is 2. The molecule has 1 unspecified atom stereocenters. The molecule has 8 aromatic carbocycles. The summed E-state index contributed by atoms with van der Waals surface area (Å²) >= 11 is 7.43. The van der Waals surface area contributed by atoms with E-state index in [-0.39, 0.29) is 84.1 Å². The summed E-state index contributed by atoms with van der Waals surface area (Å²) in [6.45, 7) is 4.95. The van der Waals surface area contributed by atoms with Crippen LogP contribution in [-0.2, 0) is 176 Å². The number of carbonyl (C=O) groups is 5. The maximum absolute atomic E-state index is 14.3. The Kier molecular flexibility index (Phi) is 37.6. The molecule has 28 heteroatoms. The summed E-state index contributed by atoms with van der Waals surface area (Å²) in [7, 11) is 0. The largest absolute Gasteiger partial charge is 0.463 e. The second-order valence-electron chi connectivity index (χ2n) is 30.1. The molecule has 4 saturated heterocycles. The summed E-state index contributed by atoms with van der Waals surface area (Å²) < 4.78 is 146. The van der Waals surface area contributed by atoms with Crippen LogP contribution >= 0.6 is 31.9 Å². The average Bonchev–Trinajstić information content (AvgIpc) is 0.756. The lowest BCUT2D eigenvalue weighted by atomic mass is 9.94. The zero-order valence-electron chi connectivity index (χ0n) is 69.4. The summed E-state index contributed by atoms with van der Waals surface area (Å²) in [5.41, 5.74) is 6.39. The van der Waals surface area contributed by atoms with E-state index in [9.17, 15) is 24.0 Å². The fourth-order valence-corrected chi connectivity index (χ4v) is 15.6. The molecule has 12 rings (SSSR count). The molecule has 0 bridgehead atoms. The van der Waals surface area contributed by atoms with E-state index in [0.717, 1.165) is 59.7 Å². The standard InChI is InChI=1S/C95H108Br2O26/c1-62(98)107-61-79-83(113-63(2)99)87(114-64(3)100)91(116-66(5)102)95(120-79)121-82-78(60-105-52-69-35-18-8-19-36-69)117-92(106-48-30-47-75(97)49-96)88(86(82)112-57-74-45-28-13-29-46-74)122-94-90(85(111-56-73-43-26-12-27-44-73)81(109-54-71-39-22-10-23-40-71)77(119-94)59-104-51-68-33-16-7-17-34-68)123-93-89(115-65(4)101)84(110-55-72-41-24-11-25-42-72)80(108-53-70-37-20-9-21-38-70)76(118-93)58-103-50-67-31-14-6-15-32-67/h6-29,31-46,75-95H,30,47-61H2,1-5H3/t75?,76-,77-,78-,79-,80-,81-,82-,83+,84+,85+,86+,87+,88+,89+,90+,91-,92+,93-,94-,95+/m1/s1. The third-order valence-corrected chi connectivity index (χ3v) is 23.0. The Morgan fingerprint density at radius 3 is 0.886 bits per heavy atom. The van der Waals surface area contributed by atoms with Gasteiger partial charge < -0.3 is 99.5 Å². The van der Waals surface area contributed by atoms with Crippen LogP contribution in [0.4, 0.5) is 0 Å². The lowest BCUT2D eigenvalue weighted by molar-refractivity contribution is -0.410. The quantitative estimate of drug-likeness (QED) is 0.0148. The third-order valence-electron chi connectivity index (χ3n) is 20.6. The molecule has 0 radical (unpaired) electrons. The van der Waals surface area contributed by atoms with E-state index in [1.54, 1.807) is 0 Å². The molecular weight excluding hydrogens is 1720 g/mol. The van der Waals surface area contributed by atoms with Gasteiger partial charge in [-0.1, -0.05) is 275 Å². The zero-order valence-corrected chi connectivity index (χ0v) is 72.6.